The molecule has 1 aliphatic rings. The Hall–Kier alpha value is -3.28. The summed E-state index contributed by atoms with van der Waals surface area (Å²) in [4.78, 5) is 32.6. The number of aryl methyl sites for hydroxylation is 2. The molecule has 2 aromatic carbocycles. The molecule has 30 heavy (non-hydrogen) atoms. The highest BCUT2D eigenvalue weighted by Crippen LogP contribution is 2.23. The number of hydrogen-bond donors (Lipinski definition) is 1. The third-order valence-corrected chi connectivity index (χ3v) is 5.90. The Bertz CT molecular complexity index is 1060. The van der Waals surface area contributed by atoms with Crippen LogP contribution in [0.4, 0.5) is 0 Å². The van der Waals surface area contributed by atoms with Gasteiger partial charge in [0.2, 0.25) is 5.91 Å². The van der Waals surface area contributed by atoms with Crippen LogP contribution in [-0.2, 0) is 11.2 Å². The van der Waals surface area contributed by atoms with Crippen molar-refractivity contribution in [3.63, 3.8) is 0 Å². The van der Waals surface area contributed by atoms with Crippen LogP contribution in [0.1, 0.15) is 28.0 Å². The molecule has 0 radical (unpaired) electrons. The Balaban J connectivity index is 1.34. The van der Waals surface area contributed by atoms with Crippen molar-refractivity contribution < 1.29 is 14.3 Å². The average molecular weight is 405 g/mol. The number of benzene rings is 2. The first-order valence-corrected chi connectivity index (χ1v) is 10.3. The van der Waals surface area contributed by atoms with E-state index in [0.717, 1.165) is 27.8 Å². The fraction of sp³-hybridized carbons (Fsp3) is 0.333. The number of rotatable bonds is 5. The van der Waals surface area contributed by atoms with Gasteiger partial charge in [-0.1, -0.05) is 36.4 Å². The maximum absolute atomic E-state index is 13.0. The normalized spacial score (nSPS) is 14.2. The van der Waals surface area contributed by atoms with E-state index in [4.69, 9.17) is 4.74 Å². The number of ether oxygens (including phenoxy) is 1. The molecule has 0 spiro atoms. The van der Waals surface area contributed by atoms with Gasteiger partial charge >= 0.3 is 0 Å². The van der Waals surface area contributed by atoms with Crippen LogP contribution in [0.5, 0.6) is 5.75 Å². The molecule has 1 aromatic heterocycles. The number of H-pyrrole nitrogens is 1. The Kier molecular flexibility index (Phi) is 5.74. The van der Waals surface area contributed by atoms with Gasteiger partial charge < -0.3 is 19.5 Å². The molecule has 156 valence electrons. The summed E-state index contributed by atoms with van der Waals surface area (Å²) in [7, 11) is 1.64. The monoisotopic (exact) mass is 405 g/mol. The van der Waals surface area contributed by atoms with Crippen LogP contribution < -0.4 is 4.74 Å². The zero-order valence-electron chi connectivity index (χ0n) is 17.5. The minimum absolute atomic E-state index is 0.00446. The van der Waals surface area contributed by atoms with Gasteiger partial charge in [0.05, 0.1) is 7.11 Å². The molecule has 6 heteroatoms. The Morgan fingerprint density at radius 3 is 2.37 bits per heavy atom. The Morgan fingerprint density at radius 2 is 1.63 bits per heavy atom. The van der Waals surface area contributed by atoms with Crippen molar-refractivity contribution in [1.29, 1.82) is 0 Å². The van der Waals surface area contributed by atoms with Gasteiger partial charge in [-0.25, -0.2) is 0 Å². The summed E-state index contributed by atoms with van der Waals surface area (Å²) in [5.74, 6) is 0.939. The second kappa shape index (κ2) is 8.61. The van der Waals surface area contributed by atoms with E-state index in [1.165, 1.54) is 0 Å². The number of fused-ring (bicyclic) bond motifs is 1. The first kappa shape index (κ1) is 20.0. The highest BCUT2D eigenvalue weighted by molar-refractivity contribution is 6.01. The number of hydrogen-bond acceptors (Lipinski definition) is 3. The Labute approximate surface area is 176 Å². The van der Waals surface area contributed by atoms with Crippen LogP contribution in [0.15, 0.2) is 48.5 Å². The number of carbonyl (C=O) groups excluding carboxylic acids is 2. The number of nitrogens with zero attached hydrogens (tertiary/aromatic N) is 2. The van der Waals surface area contributed by atoms with Gasteiger partial charge in [0.1, 0.15) is 11.4 Å². The molecule has 0 bridgehead atoms. The van der Waals surface area contributed by atoms with E-state index in [2.05, 4.69) is 4.98 Å². The van der Waals surface area contributed by atoms with Crippen LogP contribution in [0.25, 0.3) is 10.9 Å². The molecule has 1 fully saturated rings. The number of carbonyl (C=O) groups is 2. The first-order chi connectivity index (χ1) is 14.6. The third-order valence-electron chi connectivity index (χ3n) is 5.90. The molecule has 4 rings (SSSR count). The van der Waals surface area contributed by atoms with E-state index in [0.29, 0.717) is 44.7 Å². The van der Waals surface area contributed by atoms with E-state index < -0.39 is 0 Å². The van der Waals surface area contributed by atoms with Crippen molar-refractivity contribution in [3.8, 4) is 5.75 Å². The molecular formula is C24H27N3O3. The lowest BCUT2D eigenvalue weighted by Crippen LogP contribution is -2.50. The van der Waals surface area contributed by atoms with Crippen molar-refractivity contribution in [2.24, 2.45) is 0 Å². The van der Waals surface area contributed by atoms with Crippen LogP contribution in [0, 0.1) is 6.92 Å². The van der Waals surface area contributed by atoms with Crippen molar-refractivity contribution in [2.45, 2.75) is 19.8 Å². The summed E-state index contributed by atoms with van der Waals surface area (Å²) in [6.45, 7) is 4.21. The SMILES string of the molecule is COc1ccccc1CCC(=O)N1CCN(C(=O)c2[nH]c3ccccc3c2C)CC1. The number of aromatic amines is 1. The topological polar surface area (TPSA) is 65.6 Å². The van der Waals surface area contributed by atoms with Crippen LogP contribution >= 0.6 is 0 Å². The predicted octanol–water partition coefficient (Wildman–Crippen LogP) is 3.40. The third kappa shape index (κ3) is 3.90. The van der Waals surface area contributed by atoms with Crippen molar-refractivity contribution >= 4 is 22.7 Å². The lowest BCUT2D eigenvalue weighted by molar-refractivity contribution is -0.132. The van der Waals surface area contributed by atoms with Gasteiger partial charge in [-0.3, -0.25) is 9.59 Å². The van der Waals surface area contributed by atoms with E-state index in [-0.39, 0.29) is 11.8 Å². The van der Waals surface area contributed by atoms with Gasteiger partial charge in [0.25, 0.3) is 5.91 Å². The van der Waals surface area contributed by atoms with Gasteiger partial charge in [-0.15, -0.1) is 0 Å². The Morgan fingerprint density at radius 1 is 0.967 bits per heavy atom. The molecule has 1 N–H and O–H groups in total. The van der Waals surface area contributed by atoms with Crippen LogP contribution in [0.3, 0.4) is 0 Å². The van der Waals surface area contributed by atoms with Crippen molar-refractivity contribution in [2.75, 3.05) is 33.3 Å². The molecule has 1 aliphatic heterocycles. The lowest BCUT2D eigenvalue weighted by atomic mass is 10.1. The average Bonchev–Trinajstić information content (AvgIpc) is 3.14. The fourth-order valence-electron chi connectivity index (χ4n) is 4.12. The smallest absolute Gasteiger partial charge is 0.270 e. The van der Waals surface area contributed by atoms with Crippen molar-refractivity contribution in [3.05, 3.63) is 65.4 Å². The van der Waals surface area contributed by atoms with Gasteiger partial charge in [-0.05, 0) is 36.6 Å². The molecule has 0 unspecified atom stereocenters. The van der Waals surface area contributed by atoms with Gasteiger partial charge in [0.15, 0.2) is 0 Å². The second-order valence-electron chi connectivity index (χ2n) is 7.66. The minimum atomic E-state index is 0.00446. The van der Waals surface area contributed by atoms with Crippen LogP contribution in [-0.4, -0.2) is 59.9 Å². The molecule has 0 atom stereocenters. The molecule has 0 aliphatic carbocycles. The second-order valence-corrected chi connectivity index (χ2v) is 7.66. The number of piperazine rings is 1. The first-order valence-electron chi connectivity index (χ1n) is 10.3. The maximum Gasteiger partial charge on any atom is 0.270 e. The highest BCUT2D eigenvalue weighted by atomic mass is 16.5. The van der Waals surface area contributed by atoms with E-state index >= 15 is 0 Å². The largest absolute Gasteiger partial charge is 0.496 e. The number of amides is 2. The van der Waals surface area contributed by atoms with Crippen LogP contribution in [0.2, 0.25) is 0 Å². The van der Waals surface area contributed by atoms with E-state index in [1.54, 1.807) is 7.11 Å². The molecule has 6 nitrogen and oxygen atoms in total. The van der Waals surface area contributed by atoms with Crippen molar-refractivity contribution in [1.82, 2.24) is 14.8 Å². The summed E-state index contributed by atoms with van der Waals surface area (Å²) in [5, 5.41) is 1.08. The minimum Gasteiger partial charge on any atom is -0.496 e. The number of methoxy groups -OCH3 is 1. The predicted molar refractivity (Wildman–Crippen MR) is 117 cm³/mol. The highest BCUT2D eigenvalue weighted by Gasteiger charge is 2.26. The standard InChI is InChI=1S/C24H27N3O3/c1-17-19-8-4-5-9-20(19)25-23(17)24(29)27-15-13-26(14-16-27)22(28)12-11-18-7-3-6-10-21(18)30-2/h3-10,25H,11-16H2,1-2H3. The summed E-state index contributed by atoms with van der Waals surface area (Å²) in [6, 6.07) is 15.7. The molecule has 0 saturated carbocycles. The summed E-state index contributed by atoms with van der Waals surface area (Å²) in [6.07, 6.45) is 1.09. The number of aromatic nitrogens is 1. The lowest BCUT2D eigenvalue weighted by Gasteiger charge is -2.34. The summed E-state index contributed by atoms with van der Waals surface area (Å²) in [5.41, 5.74) is 3.64. The summed E-state index contributed by atoms with van der Waals surface area (Å²) >= 11 is 0. The van der Waals surface area contributed by atoms with Gasteiger partial charge in [0, 0.05) is 43.5 Å². The zero-order valence-corrected chi connectivity index (χ0v) is 17.5. The number of para-hydroxylation sites is 2. The number of nitrogens with one attached hydrogen (secondary N) is 1. The summed E-state index contributed by atoms with van der Waals surface area (Å²) < 4.78 is 5.36. The molecule has 2 amide bonds. The molecule has 3 aromatic rings. The molecule has 1 saturated heterocycles. The van der Waals surface area contributed by atoms with Gasteiger partial charge in [-0.2, -0.15) is 0 Å². The van der Waals surface area contributed by atoms with E-state index in [1.807, 2.05) is 65.3 Å². The quantitative estimate of drug-likeness (QED) is 0.708. The molecular weight excluding hydrogens is 378 g/mol. The molecule has 2 heterocycles. The fourth-order valence-corrected chi connectivity index (χ4v) is 4.12. The van der Waals surface area contributed by atoms with E-state index in [9.17, 15) is 9.59 Å². The maximum atomic E-state index is 13.0. The zero-order chi connectivity index (χ0) is 21.1.